The molecule has 17 heavy (non-hydrogen) atoms. The van der Waals surface area contributed by atoms with Crippen molar-refractivity contribution in [2.24, 2.45) is 0 Å². The van der Waals surface area contributed by atoms with Gasteiger partial charge < -0.3 is 0 Å². The van der Waals surface area contributed by atoms with E-state index in [1.165, 1.54) is 11.1 Å². The van der Waals surface area contributed by atoms with Gasteiger partial charge in [-0.25, -0.2) is 0 Å². The summed E-state index contributed by atoms with van der Waals surface area (Å²) in [5, 5.41) is 0. The van der Waals surface area contributed by atoms with Gasteiger partial charge in [0.25, 0.3) is 0 Å². The first kappa shape index (κ1) is 11.5. The third-order valence-corrected chi connectivity index (χ3v) is 2.67. The number of hydrogen-bond acceptors (Lipinski definition) is 0. The van der Waals surface area contributed by atoms with Crippen molar-refractivity contribution in [3.63, 3.8) is 0 Å². The molecule has 0 saturated heterocycles. The van der Waals surface area contributed by atoms with Crippen LogP contribution in [0.1, 0.15) is 23.1 Å². The molecule has 0 aliphatic heterocycles. The van der Waals surface area contributed by atoms with Crippen LogP contribution in [0.25, 0.3) is 0 Å². The summed E-state index contributed by atoms with van der Waals surface area (Å²) in [6.07, 6.45) is 1.94. The summed E-state index contributed by atoms with van der Waals surface area (Å²) >= 11 is 0. The molecule has 0 N–H and O–H groups in total. The molecule has 84 valence electrons. The average molecular weight is 220 g/mol. The SMILES string of the molecule is Cc1ccc(CCC#Cc2ccccc2)cc1. The maximum absolute atomic E-state index is 3.21. The van der Waals surface area contributed by atoms with Crippen molar-refractivity contribution in [3.8, 4) is 11.8 Å². The molecule has 0 fully saturated rings. The zero-order valence-corrected chi connectivity index (χ0v) is 10.1. The zero-order valence-electron chi connectivity index (χ0n) is 10.1. The normalized spacial score (nSPS) is 9.47. The van der Waals surface area contributed by atoms with Crippen LogP contribution in [0.5, 0.6) is 0 Å². The second-order valence-electron chi connectivity index (χ2n) is 4.15. The third-order valence-electron chi connectivity index (χ3n) is 2.67. The van der Waals surface area contributed by atoms with E-state index >= 15 is 0 Å². The Bertz CT molecular complexity index is 509. The van der Waals surface area contributed by atoms with Gasteiger partial charge in [-0.15, -0.1) is 0 Å². The van der Waals surface area contributed by atoms with Gasteiger partial charge in [0.1, 0.15) is 0 Å². The molecule has 0 aromatic heterocycles. The van der Waals surface area contributed by atoms with E-state index in [9.17, 15) is 0 Å². The van der Waals surface area contributed by atoms with E-state index in [1.54, 1.807) is 0 Å². The fraction of sp³-hybridized carbons (Fsp3) is 0.176. The van der Waals surface area contributed by atoms with Gasteiger partial charge in [-0.05, 0) is 31.0 Å². The molecule has 2 aromatic rings. The molecule has 0 spiro atoms. The second kappa shape index (κ2) is 5.92. The summed E-state index contributed by atoms with van der Waals surface area (Å²) in [6, 6.07) is 18.8. The van der Waals surface area contributed by atoms with Gasteiger partial charge >= 0.3 is 0 Å². The molecular weight excluding hydrogens is 204 g/mol. The molecular formula is C17H16. The summed E-state index contributed by atoms with van der Waals surface area (Å²) in [7, 11) is 0. The summed E-state index contributed by atoms with van der Waals surface area (Å²) in [5.41, 5.74) is 3.76. The van der Waals surface area contributed by atoms with Gasteiger partial charge in [0.05, 0.1) is 0 Å². The zero-order chi connectivity index (χ0) is 11.9. The molecule has 0 aliphatic carbocycles. The Morgan fingerprint density at radius 3 is 2.29 bits per heavy atom. The largest absolute Gasteiger partial charge is 0.0975 e. The van der Waals surface area contributed by atoms with Gasteiger partial charge in [-0.2, -0.15) is 0 Å². The summed E-state index contributed by atoms with van der Waals surface area (Å²) < 4.78 is 0. The Labute approximate surface area is 103 Å². The minimum absolute atomic E-state index is 0.915. The van der Waals surface area contributed by atoms with Gasteiger partial charge in [0.2, 0.25) is 0 Å². The fourth-order valence-electron chi connectivity index (χ4n) is 1.65. The van der Waals surface area contributed by atoms with E-state index in [0.29, 0.717) is 0 Å². The maximum atomic E-state index is 3.21. The first-order chi connectivity index (χ1) is 8.34. The number of aryl methyl sites for hydroxylation is 2. The predicted molar refractivity (Wildman–Crippen MR) is 72.8 cm³/mol. The van der Waals surface area contributed by atoms with Crippen LogP contribution in [0.15, 0.2) is 54.6 Å². The van der Waals surface area contributed by atoms with Gasteiger partial charge in [0, 0.05) is 12.0 Å². The van der Waals surface area contributed by atoms with Crippen LogP contribution in [-0.2, 0) is 6.42 Å². The highest BCUT2D eigenvalue weighted by atomic mass is 14.0. The Morgan fingerprint density at radius 2 is 1.59 bits per heavy atom. The minimum atomic E-state index is 0.915. The third kappa shape index (κ3) is 3.81. The average Bonchev–Trinajstić information content (AvgIpc) is 2.38. The van der Waals surface area contributed by atoms with Crippen LogP contribution in [-0.4, -0.2) is 0 Å². The summed E-state index contributed by atoms with van der Waals surface area (Å²) in [5.74, 6) is 6.39. The number of rotatable bonds is 2. The highest BCUT2D eigenvalue weighted by Crippen LogP contribution is 2.05. The summed E-state index contributed by atoms with van der Waals surface area (Å²) in [6.45, 7) is 2.11. The maximum Gasteiger partial charge on any atom is 0.0245 e. The van der Waals surface area contributed by atoms with Crippen LogP contribution in [0.3, 0.4) is 0 Å². The number of hydrogen-bond donors (Lipinski definition) is 0. The van der Waals surface area contributed by atoms with E-state index in [4.69, 9.17) is 0 Å². The van der Waals surface area contributed by atoms with E-state index in [-0.39, 0.29) is 0 Å². The smallest absolute Gasteiger partial charge is 0.0245 e. The lowest BCUT2D eigenvalue weighted by Gasteiger charge is -1.97. The Balaban J connectivity index is 1.88. The van der Waals surface area contributed by atoms with E-state index in [0.717, 1.165) is 18.4 Å². The standard InChI is InChI=1S/C17H16/c1-15-11-13-17(14-12-15)10-6-5-9-16-7-3-2-4-8-16/h2-4,7-8,11-14H,6,10H2,1H3. The molecule has 2 rings (SSSR count). The quantitative estimate of drug-likeness (QED) is 0.671. The molecule has 0 aliphatic rings. The Kier molecular flexibility index (Phi) is 4.00. The topological polar surface area (TPSA) is 0 Å². The van der Waals surface area contributed by atoms with Crippen LogP contribution in [0.4, 0.5) is 0 Å². The lowest BCUT2D eigenvalue weighted by molar-refractivity contribution is 1.03. The van der Waals surface area contributed by atoms with Crippen LogP contribution in [0, 0.1) is 18.8 Å². The lowest BCUT2D eigenvalue weighted by atomic mass is 10.1. The molecule has 2 aromatic carbocycles. The first-order valence-electron chi connectivity index (χ1n) is 5.94. The molecule has 0 bridgehead atoms. The predicted octanol–water partition coefficient (Wildman–Crippen LogP) is 3.98. The minimum Gasteiger partial charge on any atom is -0.0975 e. The van der Waals surface area contributed by atoms with E-state index in [2.05, 4.69) is 43.0 Å². The van der Waals surface area contributed by atoms with Crippen LogP contribution < -0.4 is 0 Å². The monoisotopic (exact) mass is 220 g/mol. The van der Waals surface area contributed by atoms with Crippen molar-refractivity contribution in [2.45, 2.75) is 19.8 Å². The molecule has 0 saturated carbocycles. The van der Waals surface area contributed by atoms with Gasteiger partial charge in [-0.1, -0.05) is 59.9 Å². The molecule has 0 nitrogen and oxygen atoms in total. The van der Waals surface area contributed by atoms with Crippen molar-refractivity contribution < 1.29 is 0 Å². The Hall–Kier alpha value is -2.00. The first-order valence-corrected chi connectivity index (χ1v) is 5.94. The van der Waals surface area contributed by atoms with E-state index < -0.39 is 0 Å². The lowest BCUT2D eigenvalue weighted by Crippen LogP contribution is -1.83. The molecule has 0 radical (unpaired) electrons. The fourth-order valence-corrected chi connectivity index (χ4v) is 1.65. The molecule has 0 heteroatoms. The second-order valence-corrected chi connectivity index (χ2v) is 4.15. The van der Waals surface area contributed by atoms with E-state index in [1.807, 2.05) is 30.3 Å². The van der Waals surface area contributed by atoms with Crippen molar-refractivity contribution in [2.75, 3.05) is 0 Å². The van der Waals surface area contributed by atoms with Gasteiger partial charge in [0.15, 0.2) is 0 Å². The molecule has 0 heterocycles. The van der Waals surface area contributed by atoms with Gasteiger partial charge in [-0.3, -0.25) is 0 Å². The highest BCUT2D eigenvalue weighted by molar-refractivity contribution is 5.33. The molecule has 0 amide bonds. The number of benzene rings is 2. The summed E-state index contributed by atoms with van der Waals surface area (Å²) in [4.78, 5) is 0. The highest BCUT2D eigenvalue weighted by Gasteiger charge is 1.90. The van der Waals surface area contributed by atoms with Crippen molar-refractivity contribution >= 4 is 0 Å². The molecule has 0 unspecified atom stereocenters. The van der Waals surface area contributed by atoms with Crippen molar-refractivity contribution in [1.29, 1.82) is 0 Å². The molecule has 0 atom stereocenters. The van der Waals surface area contributed by atoms with Crippen molar-refractivity contribution in [3.05, 3.63) is 71.3 Å². The van der Waals surface area contributed by atoms with Crippen molar-refractivity contribution in [1.82, 2.24) is 0 Å². The van der Waals surface area contributed by atoms with Crippen LogP contribution >= 0.6 is 0 Å². The Morgan fingerprint density at radius 1 is 0.882 bits per heavy atom. The van der Waals surface area contributed by atoms with Crippen LogP contribution in [0.2, 0.25) is 0 Å².